The summed E-state index contributed by atoms with van der Waals surface area (Å²) in [4.78, 5) is 3.61. The number of nitrogens with one attached hydrogen (secondary N) is 2. The number of rotatable bonds is 1. The summed E-state index contributed by atoms with van der Waals surface area (Å²) in [5, 5.41) is 5.62. The van der Waals surface area contributed by atoms with Gasteiger partial charge in [-0.3, -0.25) is 0 Å². The third-order valence-corrected chi connectivity index (χ3v) is 4.49. The molecule has 0 spiro atoms. The quantitative estimate of drug-likeness (QED) is 0.669. The molecule has 2 heterocycles. The average Bonchev–Trinajstić information content (AvgIpc) is 2.69. The van der Waals surface area contributed by atoms with Gasteiger partial charge in [0.15, 0.2) is 0 Å². The largest absolute Gasteiger partial charge is 0.358 e. The van der Waals surface area contributed by atoms with Crippen LogP contribution < -0.4 is 5.32 Å². The summed E-state index contributed by atoms with van der Waals surface area (Å²) >= 11 is 6.17. The van der Waals surface area contributed by atoms with Gasteiger partial charge in [0.05, 0.1) is 0 Å². The number of hydrogen-bond acceptors (Lipinski definition) is 1. The van der Waals surface area contributed by atoms with Crippen LogP contribution in [0.1, 0.15) is 11.3 Å². The molecule has 0 atom stereocenters. The Balaban J connectivity index is 0.00000144. The molecular weight excluding hydrogens is 315 g/mol. The fourth-order valence-electron chi connectivity index (χ4n) is 3.31. The van der Waals surface area contributed by atoms with Crippen LogP contribution in [-0.4, -0.2) is 18.1 Å². The molecule has 0 saturated carbocycles. The van der Waals surface area contributed by atoms with Crippen molar-refractivity contribution in [3.05, 3.63) is 58.7 Å². The topological polar surface area (TPSA) is 27.8 Å². The molecule has 0 fully saturated rings. The standard InChI is InChI=1S/C18H17ClN2.ClH/c19-13-4-1-3-12(11-13)14-5-2-6-17-18(14)15-7-9-20-10-8-16(15)21-17;/h1-6,11,20-21H,7-10H2;1H. The smallest absolute Gasteiger partial charge is 0.0465 e. The number of hydrogen-bond donors (Lipinski definition) is 2. The first-order chi connectivity index (χ1) is 10.3. The molecule has 0 bridgehead atoms. The van der Waals surface area contributed by atoms with Crippen molar-refractivity contribution < 1.29 is 0 Å². The molecule has 22 heavy (non-hydrogen) atoms. The van der Waals surface area contributed by atoms with E-state index in [1.54, 1.807) is 0 Å². The summed E-state index contributed by atoms with van der Waals surface area (Å²) < 4.78 is 0. The number of halogens is 2. The maximum absolute atomic E-state index is 6.17. The first-order valence-electron chi connectivity index (χ1n) is 7.42. The van der Waals surface area contributed by atoms with Crippen LogP contribution in [0.25, 0.3) is 22.0 Å². The molecule has 1 aliphatic rings. The van der Waals surface area contributed by atoms with E-state index in [9.17, 15) is 0 Å². The molecule has 2 N–H and O–H groups in total. The summed E-state index contributed by atoms with van der Waals surface area (Å²) in [7, 11) is 0. The van der Waals surface area contributed by atoms with Crippen molar-refractivity contribution in [3.63, 3.8) is 0 Å². The number of aromatic amines is 1. The van der Waals surface area contributed by atoms with E-state index in [4.69, 9.17) is 11.6 Å². The molecule has 2 nitrogen and oxygen atoms in total. The minimum atomic E-state index is 0. The van der Waals surface area contributed by atoms with Crippen LogP contribution in [0.2, 0.25) is 5.02 Å². The first kappa shape index (κ1) is 15.4. The van der Waals surface area contributed by atoms with Crippen LogP contribution >= 0.6 is 24.0 Å². The second-order valence-corrected chi connectivity index (χ2v) is 6.01. The van der Waals surface area contributed by atoms with Gasteiger partial charge in [-0.1, -0.05) is 35.9 Å². The van der Waals surface area contributed by atoms with Gasteiger partial charge in [0.25, 0.3) is 0 Å². The van der Waals surface area contributed by atoms with E-state index in [-0.39, 0.29) is 12.4 Å². The fourth-order valence-corrected chi connectivity index (χ4v) is 3.50. The van der Waals surface area contributed by atoms with Crippen LogP contribution in [0, 0.1) is 0 Å². The number of H-pyrrole nitrogens is 1. The Morgan fingerprint density at radius 2 is 1.77 bits per heavy atom. The zero-order valence-electron chi connectivity index (χ0n) is 12.2. The minimum Gasteiger partial charge on any atom is -0.358 e. The van der Waals surface area contributed by atoms with Crippen molar-refractivity contribution in [2.75, 3.05) is 13.1 Å². The van der Waals surface area contributed by atoms with Crippen molar-refractivity contribution in [3.8, 4) is 11.1 Å². The molecule has 4 heteroatoms. The van der Waals surface area contributed by atoms with E-state index in [2.05, 4.69) is 34.6 Å². The molecule has 0 unspecified atom stereocenters. The average molecular weight is 333 g/mol. The van der Waals surface area contributed by atoms with Gasteiger partial charge in [-0.05, 0) is 47.9 Å². The summed E-state index contributed by atoms with van der Waals surface area (Å²) in [5.41, 5.74) is 6.54. The minimum absolute atomic E-state index is 0. The summed E-state index contributed by atoms with van der Waals surface area (Å²) in [6.07, 6.45) is 2.14. The van der Waals surface area contributed by atoms with Crippen LogP contribution in [0.3, 0.4) is 0 Å². The number of aromatic nitrogens is 1. The van der Waals surface area contributed by atoms with Crippen LogP contribution in [-0.2, 0) is 12.8 Å². The highest BCUT2D eigenvalue weighted by molar-refractivity contribution is 6.30. The summed E-state index contributed by atoms with van der Waals surface area (Å²) in [5.74, 6) is 0. The van der Waals surface area contributed by atoms with E-state index < -0.39 is 0 Å². The Morgan fingerprint density at radius 1 is 0.955 bits per heavy atom. The molecular formula is C18H18Cl2N2. The lowest BCUT2D eigenvalue weighted by Gasteiger charge is -2.07. The number of fused-ring (bicyclic) bond motifs is 3. The Morgan fingerprint density at radius 3 is 2.64 bits per heavy atom. The predicted molar refractivity (Wildman–Crippen MR) is 96.3 cm³/mol. The fraction of sp³-hybridized carbons (Fsp3) is 0.222. The molecule has 0 amide bonds. The van der Waals surface area contributed by atoms with Gasteiger partial charge in [-0.2, -0.15) is 0 Å². The normalized spacial score (nSPS) is 14.2. The van der Waals surface area contributed by atoms with Gasteiger partial charge in [0.1, 0.15) is 0 Å². The second-order valence-electron chi connectivity index (χ2n) is 5.57. The lowest BCUT2D eigenvalue weighted by molar-refractivity contribution is 0.708. The van der Waals surface area contributed by atoms with Crippen molar-refractivity contribution in [1.29, 1.82) is 0 Å². The lowest BCUT2D eigenvalue weighted by atomic mass is 9.97. The van der Waals surface area contributed by atoms with Crippen molar-refractivity contribution in [1.82, 2.24) is 10.3 Å². The molecule has 0 saturated heterocycles. The maximum Gasteiger partial charge on any atom is 0.0465 e. The lowest BCUT2D eigenvalue weighted by Crippen LogP contribution is -2.16. The number of benzene rings is 2. The van der Waals surface area contributed by atoms with Crippen molar-refractivity contribution in [2.24, 2.45) is 0 Å². The first-order valence-corrected chi connectivity index (χ1v) is 7.80. The molecule has 1 aromatic heterocycles. The third-order valence-electron chi connectivity index (χ3n) is 4.26. The van der Waals surface area contributed by atoms with E-state index in [0.717, 1.165) is 31.0 Å². The van der Waals surface area contributed by atoms with Gasteiger partial charge in [0, 0.05) is 34.6 Å². The van der Waals surface area contributed by atoms with E-state index in [0.29, 0.717) is 0 Å². The molecule has 0 aliphatic carbocycles. The zero-order chi connectivity index (χ0) is 14.2. The molecule has 1 aliphatic heterocycles. The SMILES string of the molecule is Cl.Clc1cccc(-c2cccc3[nH]c4c(c23)CCNCC4)c1. The Hall–Kier alpha value is -1.48. The molecule has 0 radical (unpaired) electrons. The monoisotopic (exact) mass is 332 g/mol. The summed E-state index contributed by atoms with van der Waals surface area (Å²) in [6.45, 7) is 2.09. The summed E-state index contributed by atoms with van der Waals surface area (Å²) in [6, 6.07) is 14.6. The molecule has 3 aromatic rings. The van der Waals surface area contributed by atoms with Crippen molar-refractivity contribution >= 4 is 34.9 Å². The highest BCUT2D eigenvalue weighted by Crippen LogP contribution is 2.34. The van der Waals surface area contributed by atoms with Crippen LogP contribution in [0.15, 0.2) is 42.5 Å². The highest BCUT2D eigenvalue weighted by Gasteiger charge is 2.17. The second kappa shape index (κ2) is 6.33. The van der Waals surface area contributed by atoms with Crippen LogP contribution in [0.5, 0.6) is 0 Å². The maximum atomic E-state index is 6.17. The molecule has 4 rings (SSSR count). The molecule has 114 valence electrons. The van der Waals surface area contributed by atoms with Crippen molar-refractivity contribution in [2.45, 2.75) is 12.8 Å². The highest BCUT2D eigenvalue weighted by atomic mass is 35.5. The predicted octanol–water partition coefficient (Wildman–Crippen LogP) is 4.60. The van der Waals surface area contributed by atoms with Crippen LogP contribution in [0.4, 0.5) is 0 Å². The zero-order valence-corrected chi connectivity index (χ0v) is 13.7. The third kappa shape index (κ3) is 2.63. The van der Waals surface area contributed by atoms with E-state index >= 15 is 0 Å². The Kier molecular flexibility index (Phi) is 4.44. The van der Waals surface area contributed by atoms with Gasteiger partial charge in [0.2, 0.25) is 0 Å². The van der Waals surface area contributed by atoms with Gasteiger partial charge in [-0.25, -0.2) is 0 Å². The Labute approximate surface area is 141 Å². The van der Waals surface area contributed by atoms with Gasteiger partial charge < -0.3 is 10.3 Å². The van der Waals surface area contributed by atoms with Gasteiger partial charge >= 0.3 is 0 Å². The van der Waals surface area contributed by atoms with Gasteiger partial charge in [-0.15, -0.1) is 12.4 Å². The Bertz CT molecular complexity index is 808. The van der Waals surface area contributed by atoms with E-state index in [1.807, 2.05) is 18.2 Å². The van der Waals surface area contributed by atoms with E-state index in [1.165, 1.54) is 33.3 Å². The molecule has 2 aromatic carbocycles.